The van der Waals surface area contributed by atoms with Gasteiger partial charge >= 0.3 is 0 Å². The van der Waals surface area contributed by atoms with Crippen molar-refractivity contribution in [2.45, 2.75) is 195 Å². The molecule has 4 heterocycles. The molecule has 302 valence electrons. The molecule has 0 radical (unpaired) electrons. The lowest BCUT2D eigenvalue weighted by Gasteiger charge is -2.49. The molecule has 1 N–H and O–H groups in total. The average molecular weight is 768 g/mol. The molecule has 6 fully saturated rings. The number of morpholine rings is 1. The molecule has 4 unspecified atom stereocenters. The van der Waals surface area contributed by atoms with Crippen LogP contribution in [-0.2, 0) is 28.6 Å². The SMILES string of the molecule is COC1CCC([Si](C)(C)[C@H]2[C@H](CC(=O)N3CCC[C@H]3CO)O[C@@]3(C(=O)N(CC4CCCC(N5C(=O)COC6CCCCC65)C4)C4=C3CCCC4)[C@@H]2C)CC1. The van der Waals surface area contributed by atoms with Gasteiger partial charge in [0, 0.05) is 37.9 Å². The number of fused-ring (bicyclic) bond motifs is 2. The van der Waals surface area contributed by atoms with E-state index in [4.69, 9.17) is 14.2 Å². The third-order valence-electron chi connectivity index (χ3n) is 16.2. The predicted octanol–water partition coefficient (Wildman–Crippen LogP) is 6.57. The van der Waals surface area contributed by atoms with E-state index in [2.05, 4.69) is 29.8 Å². The van der Waals surface area contributed by atoms with E-state index in [-0.39, 0.29) is 79.1 Å². The molecule has 3 saturated heterocycles. The number of allylic oxidation sites excluding steroid dienone is 1. The molecule has 3 amide bonds. The number of hydrogen-bond donors (Lipinski definition) is 1. The lowest BCUT2D eigenvalue weighted by Crippen LogP contribution is -2.60. The first-order valence-corrected chi connectivity index (χ1v) is 25.3. The number of ether oxygens (including phenoxy) is 3. The van der Waals surface area contributed by atoms with E-state index in [0.29, 0.717) is 30.7 Å². The highest BCUT2D eigenvalue weighted by Gasteiger charge is 2.68. The molecule has 4 aliphatic carbocycles. The number of likely N-dealkylation sites (tertiary alicyclic amines) is 1. The number of aliphatic hydroxyl groups is 1. The summed E-state index contributed by atoms with van der Waals surface area (Å²) in [5.41, 5.74) is 2.16. The molecule has 0 bridgehead atoms. The largest absolute Gasteiger partial charge is 0.394 e. The first-order valence-electron chi connectivity index (χ1n) is 22.2. The predicted molar refractivity (Wildman–Crippen MR) is 209 cm³/mol. The smallest absolute Gasteiger partial charge is 0.263 e. The van der Waals surface area contributed by atoms with Gasteiger partial charge in [0.25, 0.3) is 5.91 Å². The van der Waals surface area contributed by atoms with E-state index >= 15 is 4.79 Å². The molecule has 1 spiro atoms. The number of carbonyl (C=O) groups excluding carboxylic acids is 3. The lowest BCUT2D eigenvalue weighted by atomic mass is 9.78. The van der Waals surface area contributed by atoms with Crippen LogP contribution in [0.15, 0.2) is 11.3 Å². The highest BCUT2D eigenvalue weighted by Crippen LogP contribution is 2.62. The van der Waals surface area contributed by atoms with E-state index < -0.39 is 13.7 Å². The maximum Gasteiger partial charge on any atom is 0.263 e. The van der Waals surface area contributed by atoms with Gasteiger partial charge in [0.2, 0.25) is 11.8 Å². The van der Waals surface area contributed by atoms with E-state index in [0.717, 1.165) is 109 Å². The van der Waals surface area contributed by atoms with E-state index in [1.807, 2.05) is 12.0 Å². The van der Waals surface area contributed by atoms with E-state index in [1.165, 1.54) is 17.7 Å². The van der Waals surface area contributed by atoms with Crippen LogP contribution < -0.4 is 0 Å². The minimum absolute atomic E-state index is 0.00331. The van der Waals surface area contributed by atoms with Crippen LogP contribution in [0.3, 0.4) is 0 Å². The van der Waals surface area contributed by atoms with Crippen molar-refractivity contribution in [3.05, 3.63) is 11.3 Å². The maximum absolute atomic E-state index is 15.5. The van der Waals surface area contributed by atoms with Crippen LogP contribution >= 0.6 is 0 Å². The number of aliphatic hydroxyl groups excluding tert-OH is 1. The summed E-state index contributed by atoms with van der Waals surface area (Å²) >= 11 is 0. The van der Waals surface area contributed by atoms with Gasteiger partial charge in [-0.15, -0.1) is 0 Å². The van der Waals surface area contributed by atoms with Crippen LogP contribution in [0.4, 0.5) is 0 Å². The Kier molecular flexibility index (Phi) is 11.5. The quantitative estimate of drug-likeness (QED) is 0.265. The van der Waals surface area contributed by atoms with Gasteiger partial charge in [-0.25, -0.2) is 0 Å². The number of nitrogens with zero attached hydrogens (tertiary/aromatic N) is 3. The molecule has 9 atom stereocenters. The Bertz CT molecular complexity index is 1450. The zero-order chi connectivity index (χ0) is 37.8. The molecule has 4 aliphatic heterocycles. The molecule has 11 heteroatoms. The average Bonchev–Trinajstić information content (AvgIpc) is 3.85. The van der Waals surface area contributed by atoms with Gasteiger partial charge in [-0.2, -0.15) is 0 Å². The number of rotatable bonds is 9. The number of carbonyl (C=O) groups is 3. The minimum atomic E-state index is -2.10. The fraction of sp³-hybridized carbons (Fsp3) is 0.884. The van der Waals surface area contributed by atoms with Crippen molar-refractivity contribution in [3.63, 3.8) is 0 Å². The van der Waals surface area contributed by atoms with Gasteiger partial charge in [-0.3, -0.25) is 14.4 Å². The Morgan fingerprint density at radius 3 is 2.50 bits per heavy atom. The van der Waals surface area contributed by atoms with Gasteiger partial charge < -0.3 is 34.0 Å². The first-order chi connectivity index (χ1) is 26.1. The van der Waals surface area contributed by atoms with Crippen molar-refractivity contribution in [3.8, 4) is 0 Å². The van der Waals surface area contributed by atoms with Crippen molar-refractivity contribution in [1.29, 1.82) is 0 Å². The van der Waals surface area contributed by atoms with Crippen LogP contribution in [0, 0.1) is 11.8 Å². The van der Waals surface area contributed by atoms with Crippen LogP contribution in [0.2, 0.25) is 24.2 Å². The Morgan fingerprint density at radius 1 is 0.944 bits per heavy atom. The second-order valence-electron chi connectivity index (χ2n) is 19.2. The van der Waals surface area contributed by atoms with Crippen molar-refractivity contribution >= 4 is 25.8 Å². The van der Waals surface area contributed by atoms with Crippen LogP contribution in [0.25, 0.3) is 0 Å². The Balaban J connectivity index is 1.07. The normalized spacial score (nSPS) is 40.5. The highest BCUT2D eigenvalue weighted by atomic mass is 28.3. The molecule has 0 aromatic carbocycles. The molecular formula is C43H69N3O7Si. The zero-order valence-electron chi connectivity index (χ0n) is 33.8. The molecule has 10 nitrogen and oxygen atoms in total. The number of methoxy groups -OCH3 is 1. The molecule has 8 rings (SSSR count). The number of amides is 3. The molecule has 3 saturated carbocycles. The van der Waals surface area contributed by atoms with Gasteiger partial charge in [0.15, 0.2) is 5.60 Å². The van der Waals surface area contributed by atoms with Crippen molar-refractivity contribution < 1.29 is 33.7 Å². The van der Waals surface area contributed by atoms with E-state index in [9.17, 15) is 14.7 Å². The van der Waals surface area contributed by atoms with Gasteiger partial charge in [0.1, 0.15) is 6.61 Å². The zero-order valence-corrected chi connectivity index (χ0v) is 34.8. The summed E-state index contributed by atoms with van der Waals surface area (Å²) in [6.45, 7) is 8.94. The number of hydrogen-bond acceptors (Lipinski definition) is 7. The second-order valence-corrected chi connectivity index (χ2v) is 24.4. The summed E-state index contributed by atoms with van der Waals surface area (Å²) in [5, 5.41) is 10.1. The van der Waals surface area contributed by atoms with Crippen molar-refractivity contribution in [2.24, 2.45) is 11.8 Å². The minimum Gasteiger partial charge on any atom is -0.394 e. The third kappa shape index (κ3) is 6.75. The maximum atomic E-state index is 15.5. The third-order valence-corrected chi connectivity index (χ3v) is 21.5. The van der Waals surface area contributed by atoms with Crippen molar-refractivity contribution in [2.75, 3.05) is 33.4 Å². The van der Waals surface area contributed by atoms with Crippen molar-refractivity contribution in [1.82, 2.24) is 14.7 Å². The Labute approximate surface area is 325 Å². The fourth-order valence-corrected chi connectivity index (χ4v) is 18.5. The van der Waals surface area contributed by atoms with Crippen LogP contribution in [0.1, 0.15) is 129 Å². The summed E-state index contributed by atoms with van der Waals surface area (Å²) in [5.74, 6) is 0.663. The highest BCUT2D eigenvalue weighted by molar-refractivity contribution is 6.80. The van der Waals surface area contributed by atoms with E-state index in [1.54, 1.807) is 0 Å². The molecule has 0 aromatic heterocycles. The van der Waals surface area contributed by atoms with Gasteiger partial charge in [-0.05, 0) is 106 Å². The molecule has 8 aliphatic rings. The Hall–Kier alpha value is -1.79. The van der Waals surface area contributed by atoms with Crippen LogP contribution in [0.5, 0.6) is 0 Å². The summed E-state index contributed by atoms with van der Waals surface area (Å²) in [7, 11) is -0.273. The lowest BCUT2D eigenvalue weighted by molar-refractivity contribution is -0.167. The molecular weight excluding hydrogens is 699 g/mol. The summed E-state index contributed by atoms with van der Waals surface area (Å²) in [6.07, 6.45) is 19.1. The fourth-order valence-electron chi connectivity index (χ4n) is 13.5. The second kappa shape index (κ2) is 15.9. The molecule has 54 heavy (non-hydrogen) atoms. The topological polar surface area (TPSA) is 109 Å². The van der Waals surface area contributed by atoms with Crippen LogP contribution in [-0.4, -0.2) is 121 Å². The summed E-state index contributed by atoms with van der Waals surface area (Å²) in [6, 6.07) is 0.292. The van der Waals surface area contributed by atoms with Gasteiger partial charge in [-0.1, -0.05) is 52.1 Å². The van der Waals surface area contributed by atoms with Gasteiger partial charge in [0.05, 0.1) is 51.5 Å². The molecule has 0 aromatic rings. The standard InChI is InChI=1S/C43H69N3O7Si/c1-28-41(54(3,4)33-20-18-32(51-2)19-21-33)38(24-39(48)44-22-10-13-31(44)26-47)53-43(28)34-14-5-6-15-35(34)45(42(43)50)25-29-11-9-12-30(23-29)46-36-16-7-8-17-37(36)52-27-40(46)49/h28-33,36-38,41,47H,5-27H2,1-4H3/t28-,29?,30?,31+,32?,33?,36?,37?,38+,41-,43+/m1/s1. The summed E-state index contributed by atoms with van der Waals surface area (Å²) in [4.78, 5) is 49.3. The Morgan fingerprint density at radius 2 is 1.72 bits per heavy atom. The monoisotopic (exact) mass is 767 g/mol. The summed E-state index contributed by atoms with van der Waals surface area (Å²) < 4.78 is 19.2. The first kappa shape index (κ1) is 39.1.